The Morgan fingerprint density at radius 1 is 1.10 bits per heavy atom. The van der Waals surface area contributed by atoms with E-state index in [2.05, 4.69) is 24.0 Å². The molecule has 3 nitrogen and oxygen atoms in total. The highest BCUT2D eigenvalue weighted by Crippen LogP contribution is 2.50. The van der Waals surface area contributed by atoms with Crippen molar-refractivity contribution in [2.45, 2.75) is 18.7 Å². The van der Waals surface area contributed by atoms with Gasteiger partial charge < -0.3 is 4.90 Å². The van der Waals surface area contributed by atoms with Gasteiger partial charge in [0.1, 0.15) is 14.3 Å². The Morgan fingerprint density at radius 2 is 1.80 bits per heavy atom. The highest BCUT2D eigenvalue weighted by molar-refractivity contribution is 8.27. The van der Waals surface area contributed by atoms with Crippen molar-refractivity contribution in [3.63, 3.8) is 0 Å². The van der Waals surface area contributed by atoms with Gasteiger partial charge in [-0.1, -0.05) is 47.9 Å². The van der Waals surface area contributed by atoms with Gasteiger partial charge in [-0.05, 0) is 26.0 Å². The Labute approximate surface area is 132 Å². The number of nitrogens with zero attached hydrogens (tertiary/aromatic N) is 2. The highest BCUT2D eigenvalue weighted by Gasteiger charge is 2.37. The third-order valence-electron chi connectivity index (χ3n) is 3.28. The summed E-state index contributed by atoms with van der Waals surface area (Å²) in [6.45, 7) is 5.52. The molecule has 0 N–H and O–H groups in total. The number of hydrogen-bond donors (Lipinski definition) is 0. The van der Waals surface area contributed by atoms with E-state index < -0.39 is 0 Å². The molecule has 6 heteroatoms. The fourth-order valence-electron chi connectivity index (χ4n) is 2.32. The van der Waals surface area contributed by atoms with Crippen LogP contribution in [-0.2, 0) is 4.79 Å². The summed E-state index contributed by atoms with van der Waals surface area (Å²) >= 11 is 8.38. The maximum absolute atomic E-state index is 12.5. The molecule has 1 amide bonds. The van der Waals surface area contributed by atoms with Crippen LogP contribution < -0.4 is 4.90 Å². The first kappa shape index (κ1) is 14.0. The second kappa shape index (κ2) is 5.42. The number of thioether (sulfide) groups is 2. The number of fused-ring (bicyclic) bond motifs is 1. The lowest BCUT2D eigenvalue weighted by Crippen LogP contribution is -2.28. The number of carbonyl (C=O) groups excluding carboxylic acids is 1. The Morgan fingerprint density at radius 3 is 2.45 bits per heavy atom. The summed E-state index contributed by atoms with van der Waals surface area (Å²) in [5.41, 5.74) is 1.18. The summed E-state index contributed by atoms with van der Waals surface area (Å²) in [6.07, 6.45) is 0. The molecule has 0 unspecified atom stereocenters. The lowest BCUT2D eigenvalue weighted by Gasteiger charge is -2.19. The molecule has 2 aliphatic rings. The molecule has 0 saturated carbocycles. The van der Waals surface area contributed by atoms with Crippen molar-refractivity contribution in [1.82, 2.24) is 4.90 Å². The van der Waals surface area contributed by atoms with Gasteiger partial charge in [0.15, 0.2) is 0 Å². The number of carbonyl (C=O) groups is 1. The average molecular weight is 322 g/mol. The van der Waals surface area contributed by atoms with Crippen LogP contribution in [0.15, 0.2) is 39.1 Å². The van der Waals surface area contributed by atoms with Crippen LogP contribution in [-0.4, -0.2) is 28.2 Å². The third-order valence-corrected chi connectivity index (χ3v) is 6.03. The zero-order valence-corrected chi connectivity index (χ0v) is 13.7. The lowest BCUT2D eigenvalue weighted by atomic mass is 10.3. The monoisotopic (exact) mass is 322 g/mol. The molecule has 0 spiro atoms. The minimum Gasteiger partial charge on any atom is -0.334 e. The fraction of sp³-hybridized carbons (Fsp3) is 0.286. The van der Waals surface area contributed by atoms with E-state index in [0.29, 0.717) is 10.9 Å². The zero-order chi connectivity index (χ0) is 14.3. The number of benzene rings is 1. The normalized spacial score (nSPS) is 21.9. The van der Waals surface area contributed by atoms with Crippen molar-refractivity contribution in [1.29, 1.82) is 0 Å². The molecule has 1 aromatic rings. The molecule has 0 radical (unpaired) electrons. The molecule has 1 aromatic carbocycles. The topological polar surface area (TPSA) is 23.6 Å². The first-order valence-electron chi connectivity index (χ1n) is 6.49. The molecule has 1 fully saturated rings. The van der Waals surface area contributed by atoms with E-state index in [9.17, 15) is 4.79 Å². The summed E-state index contributed by atoms with van der Waals surface area (Å²) in [5, 5.41) is 1.02. The summed E-state index contributed by atoms with van der Waals surface area (Å²) in [4.78, 5) is 18.3. The number of likely N-dealkylation sites (N-methyl/N-ethyl adjacent to an activating group) is 1. The van der Waals surface area contributed by atoms with Gasteiger partial charge in [0.2, 0.25) is 0 Å². The van der Waals surface area contributed by atoms with Crippen molar-refractivity contribution < 1.29 is 4.79 Å². The van der Waals surface area contributed by atoms with Crippen LogP contribution in [0.1, 0.15) is 13.8 Å². The summed E-state index contributed by atoms with van der Waals surface area (Å²) in [5.74, 6) is 0.0382. The van der Waals surface area contributed by atoms with E-state index in [1.165, 1.54) is 22.3 Å². The molecule has 2 aliphatic heterocycles. The maximum Gasteiger partial charge on any atom is 0.268 e. The molecule has 20 heavy (non-hydrogen) atoms. The van der Waals surface area contributed by atoms with E-state index in [4.69, 9.17) is 12.2 Å². The van der Waals surface area contributed by atoms with Crippen molar-refractivity contribution in [3.8, 4) is 0 Å². The Balaban J connectivity index is 2.06. The van der Waals surface area contributed by atoms with E-state index >= 15 is 0 Å². The number of amides is 1. The molecule has 104 valence electrons. The summed E-state index contributed by atoms with van der Waals surface area (Å²) < 4.78 is 0.660. The Bertz CT molecular complexity index is 627. The van der Waals surface area contributed by atoms with Crippen LogP contribution in [0.4, 0.5) is 5.69 Å². The van der Waals surface area contributed by atoms with E-state index in [-0.39, 0.29) is 5.91 Å². The van der Waals surface area contributed by atoms with Crippen LogP contribution >= 0.6 is 35.7 Å². The van der Waals surface area contributed by atoms with Gasteiger partial charge in [-0.2, -0.15) is 0 Å². The summed E-state index contributed by atoms with van der Waals surface area (Å²) in [6, 6.07) is 8.25. The molecule has 0 atom stereocenters. The third kappa shape index (κ3) is 2.06. The first-order chi connectivity index (χ1) is 9.67. The molecule has 0 aromatic heterocycles. The molecule has 1 saturated heterocycles. The molecule has 0 bridgehead atoms. The second-order valence-corrected chi connectivity index (χ2v) is 7.04. The number of rotatable bonds is 2. The van der Waals surface area contributed by atoms with Crippen LogP contribution in [0.2, 0.25) is 0 Å². The highest BCUT2D eigenvalue weighted by atomic mass is 32.2. The fourth-order valence-corrected chi connectivity index (χ4v) is 5.08. The minimum absolute atomic E-state index is 0.0382. The number of hydrogen-bond acceptors (Lipinski definition) is 5. The quantitative estimate of drug-likeness (QED) is 0.611. The molecule has 2 heterocycles. The predicted octanol–water partition coefficient (Wildman–Crippen LogP) is 3.67. The average Bonchev–Trinajstić information content (AvgIpc) is 2.95. The van der Waals surface area contributed by atoms with Crippen LogP contribution in [0.5, 0.6) is 0 Å². The van der Waals surface area contributed by atoms with Gasteiger partial charge in [-0.25, -0.2) is 0 Å². The van der Waals surface area contributed by atoms with E-state index in [1.807, 2.05) is 19.1 Å². The van der Waals surface area contributed by atoms with Gasteiger partial charge >= 0.3 is 0 Å². The minimum atomic E-state index is 0.0382. The summed E-state index contributed by atoms with van der Waals surface area (Å²) in [7, 11) is 0. The Kier molecular flexibility index (Phi) is 3.79. The first-order valence-corrected chi connectivity index (χ1v) is 8.53. The molecule has 3 rings (SSSR count). The molecule has 0 aliphatic carbocycles. The van der Waals surface area contributed by atoms with Crippen molar-refractivity contribution in [2.75, 3.05) is 18.0 Å². The van der Waals surface area contributed by atoms with Crippen molar-refractivity contribution in [2.24, 2.45) is 0 Å². The maximum atomic E-state index is 12.5. The number of thiocarbonyl (C=S) groups is 1. The standard InChI is InChI=1S/C14H14N2OS3/c1-3-15-9-7-5-6-8-10(9)19-13(15)11-12(17)16(4-2)14(18)20-11/h5-8H,3-4H2,1-2H3. The van der Waals surface area contributed by atoms with Crippen molar-refractivity contribution in [3.05, 3.63) is 34.2 Å². The molecular formula is C14H14N2OS3. The SMILES string of the molecule is CCN1C(=O)C(=C2Sc3ccccc3N2CC)SC1=S. The predicted molar refractivity (Wildman–Crippen MR) is 89.9 cm³/mol. The van der Waals surface area contributed by atoms with Gasteiger partial charge in [0.05, 0.1) is 5.69 Å². The van der Waals surface area contributed by atoms with Crippen LogP contribution in [0.25, 0.3) is 0 Å². The van der Waals surface area contributed by atoms with Crippen molar-refractivity contribution >= 4 is 51.7 Å². The van der Waals surface area contributed by atoms with Gasteiger partial charge in [0, 0.05) is 18.0 Å². The van der Waals surface area contributed by atoms with E-state index in [0.717, 1.165) is 16.5 Å². The van der Waals surface area contributed by atoms with Gasteiger partial charge in [0.25, 0.3) is 5.91 Å². The Hall–Kier alpha value is -0.980. The number of para-hydroxylation sites is 1. The second-order valence-electron chi connectivity index (χ2n) is 4.37. The van der Waals surface area contributed by atoms with Gasteiger partial charge in [-0.3, -0.25) is 9.69 Å². The molecular weight excluding hydrogens is 308 g/mol. The lowest BCUT2D eigenvalue weighted by molar-refractivity contribution is -0.122. The smallest absolute Gasteiger partial charge is 0.268 e. The van der Waals surface area contributed by atoms with Gasteiger partial charge in [-0.15, -0.1) is 0 Å². The van der Waals surface area contributed by atoms with E-state index in [1.54, 1.807) is 16.7 Å². The van der Waals surface area contributed by atoms with Crippen LogP contribution in [0, 0.1) is 0 Å². The zero-order valence-electron chi connectivity index (χ0n) is 11.3. The van der Waals surface area contributed by atoms with Crippen LogP contribution in [0.3, 0.4) is 0 Å². The largest absolute Gasteiger partial charge is 0.334 e. The number of anilines is 1.